The number of hydrogen-bond donors (Lipinski definition) is 1. The second-order valence-corrected chi connectivity index (χ2v) is 6.96. The summed E-state index contributed by atoms with van der Waals surface area (Å²) >= 11 is 7.42. The van der Waals surface area contributed by atoms with E-state index in [2.05, 4.69) is 6.58 Å². The lowest BCUT2D eigenvalue weighted by atomic mass is 9.75. The Morgan fingerprint density at radius 3 is 2.70 bits per heavy atom. The van der Waals surface area contributed by atoms with Gasteiger partial charge in [0.2, 0.25) is 5.91 Å². The monoisotopic (exact) mass is 334 g/mol. The Kier molecular flexibility index (Phi) is 6.52. The number of hydrogen-bond acceptors (Lipinski definition) is 3. The Labute approximate surface area is 135 Å². The Bertz CT molecular complexity index is 471. The third-order valence-corrected chi connectivity index (χ3v) is 4.75. The van der Waals surface area contributed by atoms with E-state index in [4.69, 9.17) is 17.3 Å². The molecule has 3 nitrogen and oxygen atoms in total. The van der Waals surface area contributed by atoms with Gasteiger partial charge in [0.25, 0.3) is 0 Å². The van der Waals surface area contributed by atoms with E-state index in [1.807, 2.05) is 12.1 Å². The van der Waals surface area contributed by atoms with Crippen LogP contribution in [0.15, 0.2) is 24.8 Å². The zero-order valence-corrected chi connectivity index (χ0v) is 13.7. The molecule has 6 heteroatoms. The summed E-state index contributed by atoms with van der Waals surface area (Å²) in [5.74, 6) is 0.103. The molecule has 0 aromatic carbocycles. The summed E-state index contributed by atoms with van der Waals surface area (Å²) in [4.78, 5) is 15.2. The van der Waals surface area contributed by atoms with Crippen LogP contribution in [0, 0.1) is 0 Å². The van der Waals surface area contributed by atoms with Gasteiger partial charge >= 0.3 is 0 Å². The molecular formula is C14H20Cl2N2OS. The van der Waals surface area contributed by atoms with Crippen LogP contribution in [-0.2, 0) is 11.3 Å². The molecule has 0 bridgehead atoms. The van der Waals surface area contributed by atoms with E-state index in [0.717, 1.165) is 28.5 Å². The van der Waals surface area contributed by atoms with Crippen molar-refractivity contribution in [3.05, 3.63) is 34.0 Å². The molecule has 0 aliphatic heterocycles. The number of nitrogens with two attached hydrogens (primary N) is 1. The Balaban J connectivity index is 0.00000200. The second-order valence-electron chi connectivity index (χ2n) is 5.16. The Hall–Kier alpha value is -0.550. The van der Waals surface area contributed by atoms with E-state index in [1.54, 1.807) is 11.0 Å². The number of halogens is 2. The van der Waals surface area contributed by atoms with Gasteiger partial charge in [0.05, 0.1) is 10.9 Å². The first-order chi connectivity index (χ1) is 9.02. The van der Waals surface area contributed by atoms with Crippen molar-refractivity contribution in [3.63, 3.8) is 0 Å². The van der Waals surface area contributed by atoms with Gasteiger partial charge in [0.15, 0.2) is 0 Å². The zero-order valence-electron chi connectivity index (χ0n) is 11.3. The minimum absolute atomic E-state index is 0. The van der Waals surface area contributed by atoms with E-state index >= 15 is 0 Å². The largest absolute Gasteiger partial charge is 0.334 e. The summed E-state index contributed by atoms with van der Waals surface area (Å²) in [6.45, 7) is 4.84. The zero-order chi connectivity index (χ0) is 13.9. The van der Waals surface area contributed by atoms with Crippen LogP contribution in [-0.4, -0.2) is 22.9 Å². The van der Waals surface area contributed by atoms with Crippen LogP contribution >= 0.6 is 35.3 Å². The van der Waals surface area contributed by atoms with Crippen LogP contribution < -0.4 is 5.73 Å². The maximum absolute atomic E-state index is 12.3. The van der Waals surface area contributed by atoms with E-state index in [-0.39, 0.29) is 23.9 Å². The number of carbonyl (C=O) groups is 1. The van der Waals surface area contributed by atoms with Crippen molar-refractivity contribution >= 4 is 41.3 Å². The standard InChI is InChI=1S/C14H19ClN2OS.ClH/c1-2-8-17(10-11-4-5-12(15)19-11)13(18)9-14(16)6-3-7-14;/h2,4-5H,1,3,6-10,16H2;1H. The molecule has 0 unspecified atom stereocenters. The summed E-state index contributed by atoms with van der Waals surface area (Å²) < 4.78 is 0.746. The molecule has 20 heavy (non-hydrogen) atoms. The van der Waals surface area contributed by atoms with Crippen LogP contribution in [0.3, 0.4) is 0 Å². The van der Waals surface area contributed by atoms with Crippen molar-refractivity contribution in [1.29, 1.82) is 0 Å². The van der Waals surface area contributed by atoms with Crippen LogP contribution in [0.25, 0.3) is 0 Å². The van der Waals surface area contributed by atoms with Gasteiger partial charge in [0, 0.05) is 23.4 Å². The fourth-order valence-corrected chi connectivity index (χ4v) is 3.36. The van der Waals surface area contributed by atoms with Gasteiger partial charge in [-0.25, -0.2) is 0 Å². The lowest BCUT2D eigenvalue weighted by molar-refractivity contribution is -0.133. The predicted molar refractivity (Wildman–Crippen MR) is 87.6 cm³/mol. The smallest absolute Gasteiger partial charge is 0.225 e. The highest BCUT2D eigenvalue weighted by atomic mass is 35.5. The highest BCUT2D eigenvalue weighted by molar-refractivity contribution is 7.16. The quantitative estimate of drug-likeness (QED) is 0.807. The van der Waals surface area contributed by atoms with Crippen LogP contribution in [0.1, 0.15) is 30.6 Å². The molecule has 0 radical (unpaired) electrons. The van der Waals surface area contributed by atoms with Crippen LogP contribution in [0.5, 0.6) is 0 Å². The van der Waals surface area contributed by atoms with Crippen molar-refractivity contribution in [3.8, 4) is 0 Å². The molecule has 2 N–H and O–H groups in total. The van der Waals surface area contributed by atoms with Gasteiger partial charge in [-0.05, 0) is 31.4 Å². The van der Waals surface area contributed by atoms with Crippen molar-refractivity contribution < 1.29 is 4.79 Å². The van der Waals surface area contributed by atoms with Crippen molar-refractivity contribution in [1.82, 2.24) is 4.90 Å². The van der Waals surface area contributed by atoms with Gasteiger partial charge in [-0.15, -0.1) is 30.3 Å². The molecular weight excluding hydrogens is 315 g/mol. The summed E-state index contributed by atoms with van der Waals surface area (Å²) in [5, 5.41) is 0. The van der Waals surface area contributed by atoms with Crippen molar-refractivity contribution in [2.45, 2.75) is 37.8 Å². The molecule has 112 valence electrons. The Morgan fingerprint density at radius 2 is 2.25 bits per heavy atom. The Morgan fingerprint density at radius 1 is 1.55 bits per heavy atom. The average molecular weight is 335 g/mol. The molecule has 2 rings (SSSR count). The lowest BCUT2D eigenvalue weighted by Crippen LogP contribution is -2.50. The predicted octanol–water partition coefficient (Wildman–Crippen LogP) is 3.61. The number of carbonyl (C=O) groups excluding carboxylic acids is 1. The number of amides is 1. The highest BCUT2D eigenvalue weighted by Gasteiger charge is 2.35. The first-order valence-corrected chi connectivity index (χ1v) is 7.64. The van der Waals surface area contributed by atoms with Crippen molar-refractivity contribution in [2.75, 3.05) is 6.54 Å². The van der Waals surface area contributed by atoms with Gasteiger partial charge in [0.1, 0.15) is 0 Å². The first-order valence-electron chi connectivity index (χ1n) is 6.44. The molecule has 1 aromatic rings. The molecule has 1 heterocycles. The third-order valence-electron chi connectivity index (χ3n) is 3.53. The van der Waals surface area contributed by atoms with E-state index < -0.39 is 0 Å². The minimum atomic E-state index is -0.274. The molecule has 1 fully saturated rings. The maximum Gasteiger partial charge on any atom is 0.225 e. The summed E-state index contributed by atoms with van der Waals surface area (Å²) in [7, 11) is 0. The average Bonchev–Trinajstić information content (AvgIpc) is 2.72. The number of nitrogens with zero attached hydrogens (tertiary/aromatic N) is 1. The lowest BCUT2D eigenvalue weighted by Gasteiger charge is -2.38. The topological polar surface area (TPSA) is 46.3 Å². The van der Waals surface area contributed by atoms with Gasteiger partial charge in [-0.3, -0.25) is 4.79 Å². The fraction of sp³-hybridized carbons (Fsp3) is 0.500. The molecule has 0 spiro atoms. The SMILES string of the molecule is C=CCN(Cc1ccc(Cl)s1)C(=O)CC1(N)CCC1.Cl. The van der Waals surface area contributed by atoms with Crippen LogP contribution in [0.2, 0.25) is 4.34 Å². The second kappa shape index (κ2) is 7.46. The molecule has 1 aliphatic carbocycles. The summed E-state index contributed by atoms with van der Waals surface area (Å²) in [5.41, 5.74) is 5.87. The molecule has 1 aromatic heterocycles. The normalized spacial score (nSPS) is 15.9. The van der Waals surface area contributed by atoms with E-state index in [1.165, 1.54) is 11.3 Å². The minimum Gasteiger partial charge on any atom is -0.334 e. The van der Waals surface area contributed by atoms with Gasteiger partial charge < -0.3 is 10.6 Å². The highest BCUT2D eigenvalue weighted by Crippen LogP contribution is 2.33. The fourth-order valence-electron chi connectivity index (χ4n) is 2.26. The van der Waals surface area contributed by atoms with Gasteiger partial charge in [-0.2, -0.15) is 0 Å². The van der Waals surface area contributed by atoms with Crippen molar-refractivity contribution in [2.24, 2.45) is 5.73 Å². The van der Waals surface area contributed by atoms with E-state index in [9.17, 15) is 4.79 Å². The van der Waals surface area contributed by atoms with Crippen LogP contribution in [0.4, 0.5) is 0 Å². The maximum atomic E-state index is 12.3. The number of thiophene rings is 1. The molecule has 0 atom stereocenters. The third kappa shape index (κ3) is 4.48. The molecule has 1 aliphatic rings. The summed E-state index contributed by atoms with van der Waals surface area (Å²) in [6.07, 6.45) is 5.21. The van der Waals surface area contributed by atoms with E-state index in [0.29, 0.717) is 19.5 Å². The summed E-state index contributed by atoms with van der Waals surface area (Å²) in [6, 6.07) is 3.81. The molecule has 0 saturated heterocycles. The molecule has 1 saturated carbocycles. The number of rotatable bonds is 6. The first kappa shape index (κ1) is 17.5. The molecule has 1 amide bonds. The van der Waals surface area contributed by atoms with Gasteiger partial charge in [-0.1, -0.05) is 17.7 Å².